The van der Waals surface area contributed by atoms with Crippen molar-refractivity contribution in [1.29, 1.82) is 0 Å². The van der Waals surface area contributed by atoms with E-state index < -0.39 is 0 Å². The van der Waals surface area contributed by atoms with Crippen LogP contribution in [0.5, 0.6) is 0 Å². The Morgan fingerprint density at radius 2 is 2.00 bits per heavy atom. The van der Waals surface area contributed by atoms with E-state index in [9.17, 15) is 0 Å². The minimum absolute atomic E-state index is 0.326. The van der Waals surface area contributed by atoms with Gasteiger partial charge in [0, 0.05) is 0 Å². The third-order valence-electron chi connectivity index (χ3n) is 1.52. The van der Waals surface area contributed by atoms with Gasteiger partial charge >= 0.3 is 61.8 Å². The Bertz CT molecular complexity index is 70.7. The van der Waals surface area contributed by atoms with Gasteiger partial charge in [-0.3, -0.25) is 0 Å². The van der Waals surface area contributed by atoms with Crippen LogP contribution in [0.15, 0.2) is 0 Å². The van der Waals surface area contributed by atoms with E-state index in [-0.39, 0.29) is 0 Å². The molecule has 1 fully saturated rings. The number of aliphatic hydroxyl groups excluding tert-OH is 1. The van der Waals surface area contributed by atoms with Gasteiger partial charge in [0.2, 0.25) is 0 Å². The first-order chi connectivity index (χ1) is 4.43. The quantitative estimate of drug-likeness (QED) is 0.617. The predicted molar refractivity (Wildman–Crippen MR) is 38.9 cm³/mol. The molecule has 0 spiro atoms. The van der Waals surface area contributed by atoms with Gasteiger partial charge in [-0.15, -0.1) is 0 Å². The molecule has 0 radical (unpaired) electrons. The normalized spacial score (nSPS) is 22.3. The molecule has 0 saturated carbocycles. The van der Waals surface area contributed by atoms with Crippen molar-refractivity contribution >= 4 is 15.0 Å². The molecule has 3 heteroatoms. The van der Waals surface area contributed by atoms with Crippen LogP contribution >= 0.6 is 0 Å². The van der Waals surface area contributed by atoms with Crippen LogP contribution in [0, 0.1) is 0 Å². The van der Waals surface area contributed by atoms with E-state index >= 15 is 0 Å². The Morgan fingerprint density at radius 1 is 1.33 bits per heavy atom. The second kappa shape index (κ2) is 4.29. The second-order valence-corrected chi connectivity index (χ2v) is 4.75. The summed E-state index contributed by atoms with van der Waals surface area (Å²) in [5, 5.41) is 11.3. The average molecular weight is 194 g/mol. The van der Waals surface area contributed by atoms with E-state index in [1.54, 1.807) is 0 Å². The molecule has 1 rings (SSSR count). The van der Waals surface area contributed by atoms with Gasteiger partial charge < -0.3 is 0 Å². The molecule has 0 amide bonds. The van der Waals surface area contributed by atoms with E-state index in [1.165, 1.54) is 23.7 Å². The van der Waals surface area contributed by atoms with Crippen LogP contribution in [0.4, 0.5) is 0 Å². The number of hydrogen-bond acceptors (Lipinski definition) is 2. The van der Waals surface area contributed by atoms with Crippen molar-refractivity contribution < 1.29 is 5.11 Å². The van der Waals surface area contributed by atoms with Crippen molar-refractivity contribution in [3.63, 3.8) is 0 Å². The van der Waals surface area contributed by atoms with Crippen molar-refractivity contribution in [3.8, 4) is 0 Å². The molecule has 0 aliphatic carbocycles. The monoisotopic (exact) mass is 195 g/mol. The van der Waals surface area contributed by atoms with Gasteiger partial charge in [-0.1, -0.05) is 0 Å². The molecule has 1 saturated heterocycles. The molecular formula is C6H13NOSe. The Labute approximate surface area is 62.4 Å². The van der Waals surface area contributed by atoms with E-state index in [4.69, 9.17) is 5.11 Å². The van der Waals surface area contributed by atoms with Crippen LogP contribution in [-0.2, 0) is 0 Å². The maximum atomic E-state index is 8.58. The van der Waals surface area contributed by atoms with Gasteiger partial charge in [0.1, 0.15) is 0 Å². The zero-order valence-electron chi connectivity index (χ0n) is 5.55. The molecular weight excluding hydrogens is 181 g/mol. The van der Waals surface area contributed by atoms with Crippen LogP contribution in [0.25, 0.3) is 0 Å². The fourth-order valence-electron chi connectivity index (χ4n) is 0.966. The van der Waals surface area contributed by atoms with Gasteiger partial charge in [0.25, 0.3) is 0 Å². The first-order valence-electron chi connectivity index (χ1n) is 3.34. The molecule has 0 aromatic rings. The van der Waals surface area contributed by atoms with Crippen molar-refractivity contribution in [2.45, 2.75) is 10.6 Å². The number of hydrogen-bond donors (Lipinski definition) is 1. The number of rotatable bonds is 2. The average Bonchev–Trinajstić information content (AvgIpc) is 1.91. The fraction of sp³-hybridized carbons (Fsp3) is 1.00. The molecule has 0 aromatic heterocycles. The molecule has 1 aliphatic heterocycles. The summed E-state index contributed by atoms with van der Waals surface area (Å²) in [6, 6.07) is 0. The Morgan fingerprint density at radius 3 is 2.56 bits per heavy atom. The van der Waals surface area contributed by atoms with Crippen LogP contribution in [0.3, 0.4) is 0 Å². The van der Waals surface area contributed by atoms with E-state index in [1.807, 2.05) is 0 Å². The van der Waals surface area contributed by atoms with E-state index in [0.717, 1.165) is 21.5 Å². The SMILES string of the molecule is OCCN1CC[Se]CC1. The zero-order chi connectivity index (χ0) is 6.53. The molecule has 0 bridgehead atoms. The predicted octanol–water partition coefficient (Wildman–Crippen LogP) is -0.165. The Hall–Kier alpha value is 0.439. The Balaban J connectivity index is 2.08. The summed E-state index contributed by atoms with van der Waals surface area (Å²) in [5.41, 5.74) is 0. The topological polar surface area (TPSA) is 23.5 Å². The summed E-state index contributed by atoms with van der Waals surface area (Å²) in [4.78, 5) is 2.34. The third-order valence-corrected chi connectivity index (χ3v) is 3.50. The minimum atomic E-state index is 0.326. The zero-order valence-corrected chi connectivity index (χ0v) is 7.26. The molecule has 9 heavy (non-hydrogen) atoms. The van der Waals surface area contributed by atoms with Crippen molar-refractivity contribution in [3.05, 3.63) is 0 Å². The van der Waals surface area contributed by atoms with Crippen molar-refractivity contribution in [2.75, 3.05) is 26.2 Å². The van der Waals surface area contributed by atoms with Crippen LogP contribution in [-0.4, -0.2) is 51.2 Å². The summed E-state index contributed by atoms with van der Waals surface area (Å²) in [6.07, 6.45) is 0. The van der Waals surface area contributed by atoms with Gasteiger partial charge in [-0.05, 0) is 0 Å². The summed E-state index contributed by atoms with van der Waals surface area (Å²) in [6.45, 7) is 3.66. The molecule has 2 nitrogen and oxygen atoms in total. The number of nitrogens with zero attached hydrogens (tertiary/aromatic N) is 1. The molecule has 1 N–H and O–H groups in total. The summed E-state index contributed by atoms with van der Waals surface area (Å²) < 4.78 is 0. The standard InChI is InChI=1S/C6H13NOSe/c8-4-1-7-2-5-9-6-3-7/h8H,1-6H2. The maximum absolute atomic E-state index is 8.58. The summed E-state index contributed by atoms with van der Waals surface area (Å²) in [7, 11) is 0. The molecule has 0 atom stereocenters. The first kappa shape index (κ1) is 7.55. The van der Waals surface area contributed by atoms with Crippen molar-refractivity contribution in [1.82, 2.24) is 4.90 Å². The van der Waals surface area contributed by atoms with Crippen LogP contribution in [0.2, 0.25) is 10.6 Å². The van der Waals surface area contributed by atoms with Gasteiger partial charge in [0.05, 0.1) is 0 Å². The van der Waals surface area contributed by atoms with E-state index in [2.05, 4.69) is 4.90 Å². The van der Waals surface area contributed by atoms with Gasteiger partial charge in [-0.25, -0.2) is 0 Å². The first-order valence-corrected chi connectivity index (χ1v) is 5.76. The van der Waals surface area contributed by atoms with Crippen LogP contribution in [0.1, 0.15) is 0 Å². The van der Waals surface area contributed by atoms with Gasteiger partial charge in [0.15, 0.2) is 0 Å². The van der Waals surface area contributed by atoms with Gasteiger partial charge in [-0.2, -0.15) is 0 Å². The molecule has 0 unspecified atom stereocenters. The number of aliphatic hydroxyl groups is 1. The van der Waals surface area contributed by atoms with E-state index in [0.29, 0.717) is 6.61 Å². The molecule has 1 aliphatic rings. The number of β-amino-alcohol motifs (C(OH)–C–C–N with tert-alkyl or cyclic N) is 1. The fourth-order valence-corrected chi connectivity index (χ4v) is 3.02. The summed E-state index contributed by atoms with van der Waals surface area (Å²) in [5.74, 6) is 0. The summed E-state index contributed by atoms with van der Waals surface area (Å²) >= 11 is 0.909. The molecule has 54 valence electrons. The van der Waals surface area contributed by atoms with Crippen LogP contribution < -0.4 is 0 Å². The molecule has 0 aromatic carbocycles. The third kappa shape index (κ3) is 2.67. The Kier molecular flexibility index (Phi) is 3.59. The molecule has 1 heterocycles. The second-order valence-electron chi connectivity index (χ2n) is 2.18. The van der Waals surface area contributed by atoms with Crippen molar-refractivity contribution in [2.24, 2.45) is 0 Å².